The van der Waals surface area contributed by atoms with Gasteiger partial charge in [-0.25, -0.2) is 4.39 Å². The van der Waals surface area contributed by atoms with Crippen molar-refractivity contribution in [3.05, 3.63) is 27.7 Å². The summed E-state index contributed by atoms with van der Waals surface area (Å²) in [5.74, 6) is 0.914. The maximum Gasteiger partial charge on any atom is 0.133 e. The van der Waals surface area contributed by atoms with Crippen molar-refractivity contribution < 1.29 is 9.13 Å². The van der Waals surface area contributed by atoms with Crippen molar-refractivity contribution in [2.24, 2.45) is 0 Å². The van der Waals surface area contributed by atoms with Gasteiger partial charge in [0.15, 0.2) is 0 Å². The maximum absolute atomic E-state index is 13.3. The summed E-state index contributed by atoms with van der Waals surface area (Å²) < 4.78 is 20.2. The molecule has 2 rings (SSSR count). The van der Waals surface area contributed by atoms with Crippen LogP contribution in [0.5, 0.6) is 5.75 Å². The molecule has 0 spiro atoms. The minimum Gasteiger partial charge on any atom is -0.494 e. The molecule has 1 saturated heterocycles. The van der Waals surface area contributed by atoms with Crippen LogP contribution in [0.15, 0.2) is 16.6 Å². The molecule has 0 amide bonds. The average molecular weight is 330 g/mol. The van der Waals surface area contributed by atoms with Crippen LogP contribution in [0.2, 0.25) is 0 Å². The zero-order valence-electron chi connectivity index (χ0n) is 11.8. The Bertz CT molecular complexity index is 430. The van der Waals surface area contributed by atoms with Gasteiger partial charge in [-0.1, -0.05) is 15.9 Å². The normalized spacial score (nSPS) is 18.2. The Morgan fingerprint density at radius 2 is 1.89 bits per heavy atom. The molecule has 0 bridgehead atoms. The van der Waals surface area contributed by atoms with Crippen molar-refractivity contribution in [3.63, 3.8) is 0 Å². The van der Waals surface area contributed by atoms with E-state index in [1.165, 1.54) is 11.1 Å². The van der Waals surface area contributed by atoms with Gasteiger partial charge in [-0.15, -0.1) is 0 Å². The Balaban J connectivity index is 1.72. The number of ether oxygens (including phenoxy) is 1. The van der Waals surface area contributed by atoms with Crippen molar-refractivity contribution in [2.45, 2.75) is 32.9 Å². The summed E-state index contributed by atoms with van der Waals surface area (Å²) in [7, 11) is 0. The molecule has 1 fully saturated rings. The molecule has 0 unspecified atom stereocenters. The van der Waals surface area contributed by atoms with Gasteiger partial charge in [-0.05, 0) is 50.5 Å². The summed E-state index contributed by atoms with van der Waals surface area (Å²) in [6.45, 7) is 8.49. The summed E-state index contributed by atoms with van der Waals surface area (Å²) in [6.07, 6.45) is 0.935. The number of alkyl halides is 1. The second-order valence-electron chi connectivity index (χ2n) is 5.70. The second-order valence-corrected chi connectivity index (χ2v) is 6.49. The number of hydrogen-bond acceptors (Lipinski definition) is 2. The zero-order valence-corrected chi connectivity index (χ0v) is 13.4. The van der Waals surface area contributed by atoms with Gasteiger partial charge in [-0.2, -0.15) is 0 Å². The van der Waals surface area contributed by atoms with Gasteiger partial charge < -0.3 is 4.74 Å². The molecule has 0 N–H and O–H groups in total. The highest BCUT2D eigenvalue weighted by atomic mass is 79.9. The predicted octanol–water partition coefficient (Wildman–Crippen LogP) is 3.88. The number of halogens is 2. The molecule has 1 aliphatic heterocycles. The quantitative estimate of drug-likeness (QED) is 0.760. The Labute approximate surface area is 123 Å². The minimum atomic E-state index is -0.971. The van der Waals surface area contributed by atoms with E-state index in [1.54, 1.807) is 6.92 Å². The summed E-state index contributed by atoms with van der Waals surface area (Å²) in [5, 5.41) is 0. The fourth-order valence-electron chi connectivity index (χ4n) is 2.51. The third kappa shape index (κ3) is 3.93. The molecule has 2 nitrogen and oxygen atoms in total. The van der Waals surface area contributed by atoms with Gasteiger partial charge in [0.1, 0.15) is 11.4 Å². The number of hydrogen-bond donors (Lipinski definition) is 0. The second kappa shape index (κ2) is 5.80. The van der Waals surface area contributed by atoms with Crippen LogP contribution in [0.25, 0.3) is 0 Å². The van der Waals surface area contributed by atoms with Crippen LogP contribution in [0.4, 0.5) is 4.39 Å². The highest BCUT2D eigenvalue weighted by Crippen LogP contribution is 2.27. The first-order valence-electron chi connectivity index (χ1n) is 6.68. The lowest BCUT2D eigenvalue weighted by Crippen LogP contribution is -2.57. The molecular weight excluding hydrogens is 309 g/mol. The fourth-order valence-corrected chi connectivity index (χ4v) is 2.74. The van der Waals surface area contributed by atoms with E-state index in [0.29, 0.717) is 19.7 Å². The lowest BCUT2D eigenvalue weighted by Gasteiger charge is -2.42. The Kier molecular flexibility index (Phi) is 4.51. The van der Waals surface area contributed by atoms with E-state index in [4.69, 9.17) is 4.74 Å². The molecule has 0 radical (unpaired) electrons. The predicted molar refractivity (Wildman–Crippen MR) is 79.7 cm³/mol. The van der Waals surface area contributed by atoms with Crippen molar-refractivity contribution in [3.8, 4) is 5.75 Å². The SMILES string of the molecule is Cc1cc(OCCCN2CC(C)(F)C2)cc(C)c1Br. The van der Waals surface area contributed by atoms with Crippen LogP contribution in [-0.4, -0.2) is 36.8 Å². The molecule has 106 valence electrons. The zero-order chi connectivity index (χ0) is 14.0. The first-order chi connectivity index (χ1) is 8.87. The van der Waals surface area contributed by atoms with Gasteiger partial charge in [0.05, 0.1) is 6.61 Å². The molecule has 1 heterocycles. The van der Waals surface area contributed by atoms with Gasteiger partial charge >= 0.3 is 0 Å². The van der Waals surface area contributed by atoms with Crippen LogP contribution in [0, 0.1) is 13.8 Å². The lowest BCUT2D eigenvalue weighted by molar-refractivity contribution is -0.0191. The Hall–Kier alpha value is -0.610. The number of benzene rings is 1. The topological polar surface area (TPSA) is 12.5 Å². The Morgan fingerprint density at radius 3 is 2.42 bits per heavy atom. The lowest BCUT2D eigenvalue weighted by atomic mass is 9.99. The van der Waals surface area contributed by atoms with Gasteiger partial charge in [0.25, 0.3) is 0 Å². The maximum atomic E-state index is 13.3. The highest BCUT2D eigenvalue weighted by Gasteiger charge is 2.37. The van der Waals surface area contributed by atoms with E-state index in [2.05, 4.69) is 34.7 Å². The van der Waals surface area contributed by atoms with Crippen LogP contribution in [0.3, 0.4) is 0 Å². The third-order valence-electron chi connectivity index (χ3n) is 3.40. The highest BCUT2D eigenvalue weighted by molar-refractivity contribution is 9.10. The molecule has 0 aliphatic carbocycles. The number of aryl methyl sites for hydroxylation is 2. The molecule has 1 aromatic carbocycles. The van der Waals surface area contributed by atoms with Crippen LogP contribution >= 0.6 is 15.9 Å². The molecule has 0 aromatic heterocycles. The van der Waals surface area contributed by atoms with Crippen molar-refractivity contribution in [1.82, 2.24) is 4.90 Å². The van der Waals surface area contributed by atoms with Crippen LogP contribution in [0.1, 0.15) is 24.5 Å². The number of rotatable bonds is 5. The fraction of sp³-hybridized carbons (Fsp3) is 0.600. The van der Waals surface area contributed by atoms with Gasteiger partial charge in [-0.3, -0.25) is 4.90 Å². The summed E-state index contributed by atoms with van der Waals surface area (Å²) in [5.41, 5.74) is 1.40. The first kappa shape index (κ1) is 14.8. The summed E-state index contributed by atoms with van der Waals surface area (Å²) in [4.78, 5) is 2.13. The first-order valence-corrected chi connectivity index (χ1v) is 7.47. The van der Waals surface area contributed by atoms with E-state index in [-0.39, 0.29) is 0 Å². The van der Waals surface area contributed by atoms with E-state index in [0.717, 1.165) is 23.2 Å². The summed E-state index contributed by atoms with van der Waals surface area (Å²) in [6, 6.07) is 4.08. The van der Waals surface area contributed by atoms with Crippen LogP contribution in [-0.2, 0) is 0 Å². The van der Waals surface area contributed by atoms with Crippen molar-refractivity contribution in [1.29, 1.82) is 0 Å². The van der Waals surface area contributed by atoms with Crippen molar-refractivity contribution in [2.75, 3.05) is 26.2 Å². The van der Waals surface area contributed by atoms with E-state index >= 15 is 0 Å². The van der Waals surface area contributed by atoms with E-state index in [9.17, 15) is 4.39 Å². The molecule has 19 heavy (non-hydrogen) atoms. The molecule has 1 aromatic rings. The minimum absolute atomic E-state index is 0.559. The largest absolute Gasteiger partial charge is 0.494 e. The molecule has 0 atom stereocenters. The van der Waals surface area contributed by atoms with Crippen molar-refractivity contribution >= 4 is 15.9 Å². The van der Waals surface area contributed by atoms with Crippen LogP contribution < -0.4 is 4.74 Å². The number of nitrogens with zero attached hydrogens (tertiary/aromatic N) is 1. The average Bonchev–Trinajstić information content (AvgIpc) is 2.29. The molecule has 1 aliphatic rings. The third-order valence-corrected chi connectivity index (χ3v) is 4.65. The molecule has 0 saturated carbocycles. The van der Waals surface area contributed by atoms with Gasteiger partial charge in [0, 0.05) is 24.1 Å². The standard InChI is InChI=1S/C15H21BrFNO/c1-11-7-13(8-12(2)14(11)16)19-6-4-5-18-9-15(3,17)10-18/h7-8H,4-6,9-10H2,1-3H3. The van der Waals surface area contributed by atoms with E-state index in [1.807, 2.05) is 12.1 Å². The molecular formula is C15H21BrFNO. The summed E-state index contributed by atoms with van der Waals surface area (Å²) >= 11 is 3.54. The van der Waals surface area contributed by atoms with Gasteiger partial charge in [0.2, 0.25) is 0 Å². The Morgan fingerprint density at radius 1 is 1.32 bits per heavy atom. The monoisotopic (exact) mass is 329 g/mol. The van der Waals surface area contributed by atoms with E-state index < -0.39 is 5.67 Å². The smallest absolute Gasteiger partial charge is 0.133 e. The number of likely N-dealkylation sites (tertiary alicyclic amines) is 1. The molecule has 4 heteroatoms.